The van der Waals surface area contributed by atoms with Crippen LogP contribution in [0.15, 0.2) is 29.3 Å². The summed E-state index contributed by atoms with van der Waals surface area (Å²) in [5.41, 5.74) is 2.59. The van der Waals surface area contributed by atoms with Crippen molar-refractivity contribution >= 4 is 35.6 Å². The summed E-state index contributed by atoms with van der Waals surface area (Å²) in [5.74, 6) is 0.899. The Balaban J connectivity index is 0.00000420. The quantitative estimate of drug-likeness (QED) is 0.229. The summed E-state index contributed by atoms with van der Waals surface area (Å²) < 4.78 is 0. The van der Waals surface area contributed by atoms with E-state index in [1.807, 2.05) is 7.05 Å². The Morgan fingerprint density at radius 2 is 1.93 bits per heavy atom. The molecule has 1 aliphatic heterocycles. The summed E-state index contributed by atoms with van der Waals surface area (Å²) in [6.07, 6.45) is 2.43. The second kappa shape index (κ2) is 14.8. The van der Waals surface area contributed by atoms with Crippen LogP contribution in [0.4, 0.5) is 5.69 Å². The molecule has 2 N–H and O–H groups in total. The highest BCUT2D eigenvalue weighted by Gasteiger charge is 2.11. The zero-order valence-electron chi connectivity index (χ0n) is 18.8. The minimum atomic E-state index is 0. The third-order valence-electron chi connectivity index (χ3n) is 5.40. The van der Waals surface area contributed by atoms with Gasteiger partial charge in [-0.05, 0) is 71.1 Å². The van der Waals surface area contributed by atoms with Crippen LogP contribution in [-0.2, 0) is 0 Å². The number of anilines is 1. The molecule has 0 amide bonds. The second-order valence-electron chi connectivity index (χ2n) is 7.70. The number of likely N-dealkylation sites (N-methyl/N-ethyl adjacent to an activating group) is 2. The Bertz CT molecular complexity index is 594. The van der Waals surface area contributed by atoms with Gasteiger partial charge in [0, 0.05) is 52.0 Å². The fourth-order valence-corrected chi connectivity index (χ4v) is 3.66. The van der Waals surface area contributed by atoms with Crippen molar-refractivity contribution in [2.24, 2.45) is 4.99 Å². The molecule has 1 aromatic rings. The zero-order valence-corrected chi connectivity index (χ0v) is 21.1. The smallest absolute Gasteiger partial charge is 0.191 e. The average Bonchev–Trinajstić information content (AvgIpc) is 2.91. The van der Waals surface area contributed by atoms with Crippen LogP contribution >= 0.6 is 24.0 Å². The number of hydrogen-bond acceptors (Lipinski definition) is 4. The van der Waals surface area contributed by atoms with Gasteiger partial charge in [-0.3, -0.25) is 4.99 Å². The van der Waals surface area contributed by atoms with Gasteiger partial charge < -0.3 is 25.3 Å². The number of nitrogens with zero attached hydrogens (tertiary/aromatic N) is 4. The normalized spacial score (nSPS) is 16.1. The van der Waals surface area contributed by atoms with Gasteiger partial charge in [0.2, 0.25) is 0 Å². The molecular formula is C22H41IN6. The molecule has 7 heteroatoms. The van der Waals surface area contributed by atoms with E-state index in [4.69, 9.17) is 0 Å². The van der Waals surface area contributed by atoms with Gasteiger partial charge in [0.25, 0.3) is 0 Å². The maximum atomic E-state index is 4.36. The molecule has 166 valence electrons. The Morgan fingerprint density at radius 3 is 2.66 bits per heavy atom. The molecule has 0 unspecified atom stereocenters. The van der Waals surface area contributed by atoms with Crippen LogP contribution in [0, 0.1) is 6.92 Å². The molecule has 0 atom stereocenters. The van der Waals surface area contributed by atoms with Crippen molar-refractivity contribution in [3.05, 3.63) is 29.8 Å². The largest absolute Gasteiger partial charge is 0.370 e. The van der Waals surface area contributed by atoms with E-state index < -0.39 is 0 Å². The molecule has 2 rings (SSSR count). The van der Waals surface area contributed by atoms with Crippen molar-refractivity contribution in [1.29, 1.82) is 0 Å². The minimum absolute atomic E-state index is 0. The highest BCUT2D eigenvalue weighted by Crippen LogP contribution is 2.14. The lowest BCUT2D eigenvalue weighted by Crippen LogP contribution is -2.42. The molecule has 1 fully saturated rings. The molecular weight excluding hydrogens is 475 g/mol. The van der Waals surface area contributed by atoms with Crippen molar-refractivity contribution in [3.63, 3.8) is 0 Å². The molecule has 0 saturated carbocycles. The number of guanidine groups is 1. The Kier molecular flexibility index (Phi) is 13.3. The fraction of sp³-hybridized carbons (Fsp3) is 0.682. The van der Waals surface area contributed by atoms with Gasteiger partial charge >= 0.3 is 0 Å². The van der Waals surface area contributed by atoms with Gasteiger partial charge in [0.05, 0.1) is 0 Å². The number of rotatable bonds is 9. The molecule has 1 saturated heterocycles. The fourth-order valence-electron chi connectivity index (χ4n) is 3.66. The monoisotopic (exact) mass is 516 g/mol. The number of halogens is 1. The first kappa shape index (κ1) is 26.0. The number of aryl methyl sites for hydroxylation is 1. The lowest BCUT2D eigenvalue weighted by Gasteiger charge is -2.24. The van der Waals surface area contributed by atoms with Crippen LogP contribution in [-0.4, -0.2) is 88.8 Å². The molecule has 1 aromatic carbocycles. The van der Waals surface area contributed by atoms with Crippen LogP contribution in [0.25, 0.3) is 0 Å². The summed E-state index contributed by atoms with van der Waals surface area (Å²) >= 11 is 0. The Morgan fingerprint density at radius 1 is 1.14 bits per heavy atom. The summed E-state index contributed by atoms with van der Waals surface area (Å²) in [6, 6.07) is 8.70. The Labute approximate surface area is 195 Å². The molecule has 0 spiro atoms. The molecule has 0 aromatic heterocycles. The van der Waals surface area contributed by atoms with Crippen LogP contribution in [0.5, 0.6) is 0 Å². The first-order valence-corrected chi connectivity index (χ1v) is 10.8. The predicted octanol–water partition coefficient (Wildman–Crippen LogP) is 2.63. The Hall–Kier alpha value is -1.06. The van der Waals surface area contributed by atoms with Gasteiger partial charge in [-0.1, -0.05) is 12.1 Å². The standard InChI is InChI=1S/C22H40N6.HI/c1-5-28(21-10-6-9-20(2)19-21)16-12-25-22(23-3)24-11-7-14-27-15-8-13-26(4)17-18-27;/h6,9-10,19H,5,7-8,11-18H2,1-4H3,(H2,23,24,25);1H. The van der Waals surface area contributed by atoms with E-state index in [0.29, 0.717) is 0 Å². The van der Waals surface area contributed by atoms with Crippen molar-refractivity contribution in [2.45, 2.75) is 26.7 Å². The van der Waals surface area contributed by atoms with Gasteiger partial charge in [-0.25, -0.2) is 0 Å². The van der Waals surface area contributed by atoms with Crippen LogP contribution in [0.2, 0.25) is 0 Å². The lowest BCUT2D eigenvalue weighted by atomic mass is 10.2. The molecule has 0 bridgehead atoms. The van der Waals surface area contributed by atoms with Crippen LogP contribution in [0.1, 0.15) is 25.3 Å². The third kappa shape index (κ3) is 10.00. The summed E-state index contributed by atoms with van der Waals surface area (Å²) in [6.45, 7) is 14.1. The van der Waals surface area contributed by atoms with Crippen molar-refractivity contribution < 1.29 is 0 Å². The molecule has 29 heavy (non-hydrogen) atoms. The molecule has 0 aliphatic carbocycles. The minimum Gasteiger partial charge on any atom is -0.370 e. The number of aliphatic imine (C=N–C) groups is 1. The summed E-state index contributed by atoms with van der Waals surface area (Å²) in [4.78, 5) is 11.8. The number of benzene rings is 1. The van der Waals surface area contributed by atoms with Crippen molar-refractivity contribution in [3.8, 4) is 0 Å². The average molecular weight is 517 g/mol. The SMILES string of the molecule is CCN(CCNC(=NC)NCCCN1CCCN(C)CC1)c1cccc(C)c1.I. The van der Waals surface area contributed by atoms with E-state index in [1.165, 1.54) is 43.9 Å². The van der Waals surface area contributed by atoms with E-state index in [1.54, 1.807) is 0 Å². The molecule has 1 aliphatic rings. The van der Waals surface area contributed by atoms with Crippen LogP contribution < -0.4 is 15.5 Å². The van der Waals surface area contributed by atoms with Crippen molar-refractivity contribution in [2.75, 3.05) is 77.9 Å². The zero-order chi connectivity index (χ0) is 20.2. The molecule has 0 radical (unpaired) electrons. The van der Waals surface area contributed by atoms with E-state index in [9.17, 15) is 0 Å². The first-order valence-electron chi connectivity index (χ1n) is 10.8. The topological polar surface area (TPSA) is 46.1 Å². The van der Waals surface area contributed by atoms with E-state index >= 15 is 0 Å². The first-order chi connectivity index (χ1) is 13.6. The highest BCUT2D eigenvalue weighted by molar-refractivity contribution is 14.0. The summed E-state index contributed by atoms with van der Waals surface area (Å²) in [5, 5.41) is 6.91. The maximum Gasteiger partial charge on any atom is 0.191 e. The van der Waals surface area contributed by atoms with Crippen LogP contribution in [0.3, 0.4) is 0 Å². The highest BCUT2D eigenvalue weighted by atomic mass is 127. The van der Waals surface area contributed by atoms with E-state index in [2.05, 4.69) is 75.5 Å². The molecule has 1 heterocycles. The van der Waals surface area contributed by atoms with Gasteiger partial charge in [-0.2, -0.15) is 0 Å². The molecule has 6 nitrogen and oxygen atoms in total. The summed E-state index contributed by atoms with van der Waals surface area (Å²) in [7, 11) is 4.07. The van der Waals surface area contributed by atoms with Gasteiger partial charge in [-0.15, -0.1) is 24.0 Å². The van der Waals surface area contributed by atoms with E-state index in [-0.39, 0.29) is 24.0 Å². The van der Waals surface area contributed by atoms with Crippen molar-refractivity contribution in [1.82, 2.24) is 20.4 Å². The maximum absolute atomic E-state index is 4.36. The number of hydrogen-bond donors (Lipinski definition) is 2. The number of nitrogens with one attached hydrogen (secondary N) is 2. The van der Waals surface area contributed by atoms with Gasteiger partial charge in [0.15, 0.2) is 5.96 Å². The predicted molar refractivity (Wildman–Crippen MR) is 137 cm³/mol. The van der Waals surface area contributed by atoms with E-state index in [0.717, 1.165) is 45.1 Å². The van der Waals surface area contributed by atoms with Gasteiger partial charge in [0.1, 0.15) is 0 Å². The second-order valence-corrected chi connectivity index (χ2v) is 7.70. The third-order valence-corrected chi connectivity index (χ3v) is 5.40. The lowest BCUT2D eigenvalue weighted by molar-refractivity contribution is 0.274.